The molecule has 0 aromatic heterocycles. The quantitative estimate of drug-likeness (QED) is 0.505. The van der Waals surface area contributed by atoms with Crippen LogP contribution in [0.4, 0.5) is 0 Å². The third-order valence-corrected chi connectivity index (χ3v) is 8.32. The van der Waals surface area contributed by atoms with Crippen LogP contribution >= 0.6 is 0 Å². The minimum Gasteiger partial charge on any atom is -0.507 e. The number of fused-ring (bicyclic) bond motifs is 4. The number of phenolic OH excluding ortho intramolecular Hbond substituents is 1. The van der Waals surface area contributed by atoms with Crippen LogP contribution in [0.3, 0.4) is 0 Å². The average molecular weight is 483 g/mol. The Balaban J connectivity index is 1.70. The van der Waals surface area contributed by atoms with Crippen molar-refractivity contribution >= 4 is 23.6 Å². The van der Waals surface area contributed by atoms with Crippen molar-refractivity contribution in [1.82, 2.24) is 9.80 Å². The van der Waals surface area contributed by atoms with Gasteiger partial charge >= 0.3 is 0 Å². The molecule has 5 rings (SSSR count). The van der Waals surface area contributed by atoms with E-state index >= 15 is 0 Å². The van der Waals surface area contributed by atoms with Gasteiger partial charge in [-0.15, -0.1) is 0 Å². The normalized spacial score (nSPS) is 31.8. The van der Waals surface area contributed by atoms with Crippen LogP contribution in [-0.4, -0.2) is 65.8 Å². The largest absolute Gasteiger partial charge is 0.507 e. The van der Waals surface area contributed by atoms with Crippen LogP contribution in [0.15, 0.2) is 23.8 Å². The second kappa shape index (κ2) is 8.39. The molecule has 0 radical (unpaired) electrons. The van der Waals surface area contributed by atoms with Gasteiger partial charge in [-0.1, -0.05) is 11.6 Å². The maximum absolute atomic E-state index is 13.5. The summed E-state index contributed by atoms with van der Waals surface area (Å²) in [6.45, 7) is 4.09. The number of hydrogen-bond acceptors (Lipinski definition) is 7. The van der Waals surface area contributed by atoms with Gasteiger partial charge in [-0.2, -0.15) is 0 Å². The minimum absolute atomic E-state index is 0.104. The number of hydrogen-bond donors (Lipinski definition) is 1. The maximum atomic E-state index is 13.5. The Morgan fingerprint density at radius 1 is 0.857 bits per heavy atom. The zero-order valence-corrected chi connectivity index (χ0v) is 20.3. The number of amides is 4. The monoisotopic (exact) mass is 482 g/mol. The van der Waals surface area contributed by atoms with Gasteiger partial charge in [0.15, 0.2) is 0 Å². The van der Waals surface area contributed by atoms with Gasteiger partial charge in [-0.05, 0) is 32.6 Å². The molecular weight excluding hydrogens is 452 g/mol. The van der Waals surface area contributed by atoms with E-state index in [1.807, 2.05) is 6.08 Å². The maximum Gasteiger partial charge on any atom is 0.234 e. The first kappa shape index (κ1) is 23.4. The molecule has 1 saturated carbocycles. The number of benzene rings is 1. The fraction of sp³-hybridized carbons (Fsp3) is 0.538. The lowest BCUT2D eigenvalue weighted by atomic mass is 9.57. The topological polar surface area (TPSA) is 113 Å². The number of imide groups is 2. The van der Waals surface area contributed by atoms with Crippen molar-refractivity contribution in [2.75, 3.05) is 27.3 Å². The molecule has 3 fully saturated rings. The molecule has 1 aromatic rings. The Labute approximate surface area is 203 Å². The van der Waals surface area contributed by atoms with E-state index in [-0.39, 0.29) is 41.8 Å². The number of nitrogens with zero attached hydrogens (tertiary/aromatic N) is 2. The van der Waals surface area contributed by atoms with Gasteiger partial charge in [0.2, 0.25) is 23.6 Å². The molecule has 35 heavy (non-hydrogen) atoms. The Kier molecular flexibility index (Phi) is 5.61. The van der Waals surface area contributed by atoms with E-state index < -0.39 is 29.6 Å². The molecule has 6 atom stereocenters. The van der Waals surface area contributed by atoms with Gasteiger partial charge in [0, 0.05) is 36.7 Å². The summed E-state index contributed by atoms with van der Waals surface area (Å²) in [4.78, 5) is 55.7. The summed E-state index contributed by atoms with van der Waals surface area (Å²) < 4.78 is 10.9. The highest BCUT2D eigenvalue weighted by Crippen LogP contribution is 2.60. The summed E-state index contributed by atoms with van der Waals surface area (Å²) in [5, 5.41) is 11.1. The fourth-order valence-electron chi connectivity index (χ4n) is 6.85. The Bertz CT molecular complexity index is 1160. The summed E-state index contributed by atoms with van der Waals surface area (Å²) in [5.41, 5.74) is 1.23. The number of aromatic hydroxyl groups is 1. The van der Waals surface area contributed by atoms with Gasteiger partial charge in [0.25, 0.3) is 0 Å². The Morgan fingerprint density at radius 3 is 2.09 bits per heavy atom. The minimum atomic E-state index is -0.718. The first-order chi connectivity index (χ1) is 16.8. The van der Waals surface area contributed by atoms with E-state index in [0.717, 1.165) is 5.57 Å². The molecule has 0 spiro atoms. The molecule has 1 N–H and O–H groups in total. The molecule has 2 heterocycles. The van der Waals surface area contributed by atoms with Crippen molar-refractivity contribution in [3.05, 3.63) is 29.3 Å². The highest BCUT2D eigenvalue weighted by atomic mass is 16.5. The van der Waals surface area contributed by atoms with Gasteiger partial charge in [-0.3, -0.25) is 29.0 Å². The average Bonchev–Trinajstić information content (AvgIpc) is 3.25. The highest BCUT2D eigenvalue weighted by Gasteiger charge is 2.62. The van der Waals surface area contributed by atoms with E-state index in [2.05, 4.69) is 0 Å². The third kappa shape index (κ3) is 3.13. The number of methoxy groups -OCH3 is 2. The van der Waals surface area contributed by atoms with Crippen LogP contribution in [0.1, 0.15) is 38.2 Å². The number of ether oxygens (including phenoxy) is 2. The molecular formula is C26H30N2O7. The number of allylic oxidation sites excluding steroid dienone is 2. The zero-order valence-electron chi connectivity index (χ0n) is 20.3. The molecule has 2 aliphatic heterocycles. The van der Waals surface area contributed by atoms with Crippen LogP contribution < -0.4 is 9.47 Å². The van der Waals surface area contributed by atoms with Crippen LogP contribution in [0.2, 0.25) is 0 Å². The molecule has 9 heteroatoms. The lowest BCUT2D eigenvalue weighted by Crippen LogP contribution is -2.43. The second-order valence-electron chi connectivity index (χ2n) is 9.63. The first-order valence-electron chi connectivity index (χ1n) is 12.1. The second-order valence-corrected chi connectivity index (χ2v) is 9.63. The smallest absolute Gasteiger partial charge is 0.234 e. The van der Waals surface area contributed by atoms with Crippen LogP contribution in [0, 0.1) is 29.6 Å². The summed E-state index contributed by atoms with van der Waals surface area (Å²) in [5.74, 6) is -3.74. The molecule has 0 bridgehead atoms. The van der Waals surface area contributed by atoms with Crippen molar-refractivity contribution in [2.24, 2.45) is 29.6 Å². The first-order valence-corrected chi connectivity index (χ1v) is 12.1. The SMILES string of the molecule is CCN1C(=O)[C@H]2[C@H](CC=C3[C@H]2C[C@H]2C(=O)N(CC)C(=O)[C@H]2[C@H]3c2c(O)cc(OC)cc2OC)C1=O. The summed E-state index contributed by atoms with van der Waals surface area (Å²) in [6.07, 6.45) is 2.65. The summed E-state index contributed by atoms with van der Waals surface area (Å²) in [7, 11) is 2.95. The van der Waals surface area contributed by atoms with Gasteiger partial charge in [0.1, 0.15) is 17.2 Å². The zero-order chi connectivity index (χ0) is 25.2. The van der Waals surface area contributed by atoms with Gasteiger partial charge in [-0.25, -0.2) is 0 Å². The van der Waals surface area contributed by atoms with Crippen molar-refractivity contribution in [2.45, 2.75) is 32.6 Å². The van der Waals surface area contributed by atoms with E-state index in [0.29, 0.717) is 36.4 Å². The summed E-state index contributed by atoms with van der Waals surface area (Å²) >= 11 is 0. The van der Waals surface area contributed by atoms with Gasteiger partial charge in [0.05, 0.1) is 37.9 Å². The number of rotatable bonds is 5. The predicted octanol–water partition coefficient (Wildman–Crippen LogP) is 2.09. The number of phenols is 1. The lowest BCUT2D eigenvalue weighted by molar-refractivity contribution is -0.141. The highest BCUT2D eigenvalue weighted by molar-refractivity contribution is 6.08. The molecule has 2 aliphatic carbocycles. The molecule has 9 nitrogen and oxygen atoms in total. The van der Waals surface area contributed by atoms with Crippen LogP contribution in [-0.2, 0) is 19.2 Å². The van der Waals surface area contributed by atoms with E-state index in [9.17, 15) is 24.3 Å². The number of likely N-dealkylation sites (tertiary alicyclic amines) is 2. The van der Waals surface area contributed by atoms with Crippen molar-refractivity contribution in [3.63, 3.8) is 0 Å². The molecule has 4 aliphatic rings. The standard InChI is InChI=1S/C26H30N2O7/c1-5-27-23(30)14-8-7-13-15(19(14)25(27)32)11-16-21(26(33)28(6-2)24(16)31)20(13)22-17(29)9-12(34-3)10-18(22)35-4/h7,9-10,14-16,19-21,29H,5-6,8,11H2,1-4H3/t14-,15+,16+,19-,20-,21+/m0/s1. The Morgan fingerprint density at radius 2 is 1.49 bits per heavy atom. The lowest BCUT2D eigenvalue weighted by Gasteiger charge is -2.44. The van der Waals surface area contributed by atoms with Crippen molar-refractivity contribution in [1.29, 1.82) is 0 Å². The molecule has 186 valence electrons. The third-order valence-electron chi connectivity index (χ3n) is 8.32. The van der Waals surface area contributed by atoms with E-state index in [1.54, 1.807) is 19.9 Å². The van der Waals surface area contributed by atoms with Crippen LogP contribution in [0.5, 0.6) is 17.2 Å². The van der Waals surface area contributed by atoms with Gasteiger partial charge < -0.3 is 14.6 Å². The predicted molar refractivity (Wildman–Crippen MR) is 124 cm³/mol. The number of carbonyl (C=O) groups is 4. The number of carbonyl (C=O) groups excluding carboxylic acids is 4. The Hall–Kier alpha value is -3.36. The molecule has 2 saturated heterocycles. The van der Waals surface area contributed by atoms with Crippen molar-refractivity contribution in [3.8, 4) is 17.2 Å². The molecule has 0 unspecified atom stereocenters. The van der Waals surface area contributed by atoms with E-state index in [4.69, 9.17) is 9.47 Å². The summed E-state index contributed by atoms with van der Waals surface area (Å²) in [6, 6.07) is 3.10. The molecule has 1 aromatic carbocycles. The fourth-order valence-corrected chi connectivity index (χ4v) is 6.85. The van der Waals surface area contributed by atoms with Crippen LogP contribution in [0.25, 0.3) is 0 Å². The van der Waals surface area contributed by atoms with Crippen molar-refractivity contribution < 1.29 is 33.8 Å². The van der Waals surface area contributed by atoms with E-state index in [1.165, 1.54) is 30.1 Å². The molecule has 4 amide bonds.